The molecule has 0 aromatic carbocycles. The summed E-state index contributed by atoms with van der Waals surface area (Å²) in [5.74, 6) is 1.07. The Hall–Kier alpha value is -1.05. The lowest BCUT2D eigenvalue weighted by molar-refractivity contribution is -0.154. The molecule has 3 aliphatic rings. The molecule has 2 bridgehead atoms. The summed E-state index contributed by atoms with van der Waals surface area (Å²) in [6.07, 6.45) is 11.2. The van der Waals surface area contributed by atoms with Gasteiger partial charge in [0.15, 0.2) is 0 Å². The molecule has 3 rings (SSSR count). The molecule has 2 aliphatic carbocycles. The minimum absolute atomic E-state index is 0.0403. The molecule has 0 N–H and O–H groups in total. The molecule has 1 saturated carbocycles. The molecule has 2 fully saturated rings. The Morgan fingerprint density at radius 2 is 1.87 bits per heavy atom. The highest BCUT2D eigenvalue weighted by Crippen LogP contribution is 2.59. The Kier molecular flexibility index (Phi) is 4.23. The maximum atomic E-state index is 12.6. The van der Waals surface area contributed by atoms with Gasteiger partial charge >= 0.3 is 5.97 Å². The number of carbonyl (C=O) groups excluding carboxylic acids is 1. The first-order chi connectivity index (χ1) is 10.7. The van der Waals surface area contributed by atoms with Gasteiger partial charge in [-0.3, -0.25) is 4.79 Å². The first-order valence-electron chi connectivity index (χ1n) is 9.28. The van der Waals surface area contributed by atoms with Crippen LogP contribution in [0.25, 0.3) is 0 Å². The number of rotatable bonds is 0. The summed E-state index contributed by atoms with van der Waals surface area (Å²) < 4.78 is 5.96. The number of ether oxygens (including phenoxy) is 1. The Morgan fingerprint density at radius 1 is 1.13 bits per heavy atom. The zero-order valence-corrected chi connectivity index (χ0v) is 15.4. The second-order valence-electron chi connectivity index (χ2n) is 8.95. The fourth-order valence-corrected chi connectivity index (χ4v) is 5.57. The molecule has 0 unspecified atom stereocenters. The molecule has 0 amide bonds. The highest BCUT2D eigenvalue weighted by Gasteiger charge is 2.61. The van der Waals surface area contributed by atoms with Gasteiger partial charge in [0.25, 0.3) is 0 Å². The molecule has 23 heavy (non-hydrogen) atoms. The van der Waals surface area contributed by atoms with Crippen LogP contribution in [0.3, 0.4) is 0 Å². The molecule has 1 aliphatic heterocycles. The predicted octanol–water partition coefficient (Wildman–Crippen LogP) is 5.44. The molecule has 1 saturated heterocycles. The molecule has 0 spiro atoms. The third-order valence-electron chi connectivity index (χ3n) is 6.86. The number of carbonyl (C=O) groups is 1. The molecular formula is C21H32O2. The first kappa shape index (κ1) is 16.8. The summed E-state index contributed by atoms with van der Waals surface area (Å²) in [5, 5.41) is 0. The van der Waals surface area contributed by atoms with E-state index in [-0.39, 0.29) is 22.9 Å². The van der Waals surface area contributed by atoms with E-state index in [1.807, 2.05) is 0 Å². The van der Waals surface area contributed by atoms with Crippen molar-refractivity contribution >= 4 is 5.97 Å². The van der Waals surface area contributed by atoms with Crippen LogP contribution < -0.4 is 0 Å². The number of hydrogen-bond donors (Lipinski definition) is 0. The minimum Gasteiger partial charge on any atom is -0.459 e. The molecule has 1 heterocycles. The van der Waals surface area contributed by atoms with Crippen LogP contribution in [0.4, 0.5) is 0 Å². The quantitative estimate of drug-likeness (QED) is 0.439. The molecule has 128 valence electrons. The van der Waals surface area contributed by atoms with Crippen LogP contribution in [0.1, 0.15) is 73.1 Å². The van der Waals surface area contributed by atoms with Gasteiger partial charge < -0.3 is 4.74 Å². The van der Waals surface area contributed by atoms with Gasteiger partial charge in [0.05, 0.1) is 5.92 Å². The van der Waals surface area contributed by atoms with Gasteiger partial charge in [-0.25, -0.2) is 0 Å². The van der Waals surface area contributed by atoms with Crippen LogP contribution in [-0.2, 0) is 9.53 Å². The van der Waals surface area contributed by atoms with E-state index >= 15 is 0 Å². The second kappa shape index (κ2) is 5.79. The SMILES string of the molecule is C/C1=C\C[C@H]2CC[C@]3(C)OC(=O)[C@@H](C/C(C)=C/CC1)[C@@H]3C2(C)C. The van der Waals surface area contributed by atoms with Gasteiger partial charge in [0.1, 0.15) is 5.60 Å². The molecule has 2 heteroatoms. The number of esters is 1. The van der Waals surface area contributed by atoms with Gasteiger partial charge in [-0.1, -0.05) is 37.1 Å². The van der Waals surface area contributed by atoms with Crippen molar-refractivity contribution in [3.8, 4) is 0 Å². The summed E-state index contributed by atoms with van der Waals surface area (Å²) >= 11 is 0. The third-order valence-corrected chi connectivity index (χ3v) is 6.86. The smallest absolute Gasteiger partial charge is 0.310 e. The van der Waals surface area contributed by atoms with Gasteiger partial charge in [-0.15, -0.1) is 0 Å². The lowest BCUT2D eigenvalue weighted by Crippen LogP contribution is -2.51. The highest BCUT2D eigenvalue weighted by molar-refractivity contribution is 5.76. The van der Waals surface area contributed by atoms with Crippen molar-refractivity contribution in [2.45, 2.75) is 78.7 Å². The van der Waals surface area contributed by atoms with Crippen LogP contribution in [0.2, 0.25) is 0 Å². The highest BCUT2D eigenvalue weighted by atomic mass is 16.6. The van der Waals surface area contributed by atoms with Crippen molar-refractivity contribution in [1.29, 1.82) is 0 Å². The van der Waals surface area contributed by atoms with Crippen molar-refractivity contribution in [2.24, 2.45) is 23.2 Å². The predicted molar refractivity (Wildman–Crippen MR) is 94.0 cm³/mol. The van der Waals surface area contributed by atoms with Gasteiger partial charge in [0.2, 0.25) is 0 Å². The largest absolute Gasteiger partial charge is 0.459 e. The van der Waals surface area contributed by atoms with E-state index in [4.69, 9.17) is 4.74 Å². The number of hydrogen-bond acceptors (Lipinski definition) is 2. The summed E-state index contributed by atoms with van der Waals surface area (Å²) in [5.41, 5.74) is 2.74. The van der Waals surface area contributed by atoms with Crippen LogP contribution >= 0.6 is 0 Å². The zero-order chi connectivity index (χ0) is 16.8. The molecule has 2 nitrogen and oxygen atoms in total. The lowest BCUT2D eigenvalue weighted by Gasteiger charge is -2.51. The Balaban J connectivity index is 2.02. The maximum Gasteiger partial charge on any atom is 0.310 e. The number of fused-ring (bicyclic) bond motifs is 1. The third kappa shape index (κ3) is 2.90. The van der Waals surface area contributed by atoms with Gasteiger partial charge in [0, 0.05) is 5.92 Å². The fourth-order valence-electron chi connectivity index (χ4n) is 5.57. The maximum absolute atomic E-state index is 12.6. The fraction of sp³-hybridized carbons (Fsp3) is 0.762. The average molecular weight is 316 g/mol. The topological polar surface area (TPSA) is 26.3 Å². The van der Waals surface area contributed by atoms with Crippen molar-refractivity contribution in [2.75, 3.05) is 0 Å². The van der Waals surface area contributed by atoms with Crippen molar-refractivity contribution < 1.29 is 9.53 Å². The van der Waals surface area contributed by atoms with E-state index in [1.54, 1.807) is 0 Å². The van der Waals surface area contributed by atoms with E-state index in [0.717, 1.165) is 32.1 Å². The summed E-state index contributed by atoms with van der Waals surface area (Å²) in [4.78, 5) is 12.6. The van der Waals surface area contributed by atoms with Crippen LogP contribution in [-0.4, -0.2) is 11.6 Å². The van der Waals surface area contributed by atoms with Crippen molar-refractivity contribution in [3.05, 3.63) is 23.3 Å². The number of allylic oxidation sites excluding steroid dienone is 4. The zero-order valence-electron chi connectivity index (χ0n) is 15.4. The van der Waals surface area contributed by atoms with Crippen LogP contribution in [0.5, 0.6) is 0 Å². The van der Waals surface area contributed by atoms with Crippen LogP contribution in [0, 0.1) is 23.2 Å². The van der Waals surface area contributed by atoms with E-state index in [2.05, 4.69) is 46.8 Å². The van der Waals surface area contributed by atoms with Gasteiger partial charge in [-0.05, 0) is 70.6 Å². The molecule has 0 aromatic heterocycles. The Morgan fingerprint density at radius 3 is 2.61 bits per heavy atom. The molecule has 0 aromatic rings. The van der Waals surface area contributed by atoms with E-state index in [1.165, 1.54) is 17.6 Å². The summed E-state index contributed by atoms with van der Waals surface area (Å²) in [6, 6.07) is 0. The van der Waals surface area contributed by atoms with Crippen molar-refractivity contribution in [1.82, 2.24) is 0 Å². The lowest BCUT2D eigenvalue weighted by atomic mass is 9.53. The summed E-state index contributed by atoms with van der Waals surface area (Å²) in [6.45, 7) is 11.4. The Labute approximate surface area is 141 Å². The second-order valence-corrected chi connectivity index (χ2v) is 8.95. The van der Waals surface area contributed by atoms with Gasteiger partial charge in [-0.2, -0.15) is 0 Å². The van der Waals surface area contributed by atoms with Crippen molar-refractivity contribution in [3.63, 3.8) is 0 Å². The standard InChI is InChI=1S/C21H32O2/c1-14-7-6-8-15(2)13-17-18-20(3,4)16(10-9-14)11-12-21(18,5)23-19(17)22/h8-9,16-18H,6-7,10-13H2,1-5H3/b14-9+,15-8+/t16-,17-,18+,21-/m0/s1. The average Bonchev–Trinajstić information content (AvgIpc) is 2.69. The van der Waals surface area contributed by atoms with Crippen LogP contribution in [0.15, 0.2) is 23.3 Å². The normalized spacial score (nSPS) is 44.9. The molecule has 4 atom stereocenters. The minimum atomic E-state index is -0.259. The monoisotopic (exact) mass is 316 g/mol. The van der Waals surface area contributed by atoms with E-state index < -0.39 is 0 Å². The Bertz CT molecular complexity index is 554. The first-order valence-corrected chi connectivity index (χ1v) is 9.28. The van der Waals surface area contributed by atoms with E-state index in [0.29, 0.717) is 11.8 Å². The summed E-state index contributed by atoms with van der Waals surface area (Å²) in [7, 11) is 0. The molecular weight excluding hydrogens is 284 g/mol. The molecule has 0 radical (unpaired) electrons. The van der Waals surface area contributed by atoms with E-state index in [9.17, 15) is 4.79 Å².